The number of guanidine groups is 1. The number of aliphatic hydroxyl groups is 1. The smallest absolute Gasteiger partial charge is 0.326 e. The van der Waals surface area contributed by atoms with E-state index < -0.39 is 170 Å². The molecule has 2 saturated heterocycles. The minimum Gasteiger partial charge on any atom is -0.481 e. The molecule has 2 fully saturated rings. The number of aliphatic hydroxyl groups excluding tert-OH is 1. The van der Waals surface area contributed by atoms with Gasteiger partial charge >= 0.3 is 11.9 Å². The standard InChI is InChI=1S/C45H76N14O15/c1-21(2)19-27(56-41(70)34(48)23(5)60)38(67)53-25(12-14-31(46)61)37(66)55-28(20-32(47)62)39(68)52-24(9-6-16-51-45(49)50)36(65)54-26(13-15-33(63)64)42(71)59-18-8-11-30(59)43(72)58-17-7-10-29(58)40(69)57-35(22(3)4)44(73)74/h21-30,34-35,60H,6-20,48H2,1-5H3,(H2,46,61)(H2,47,62)(H,52,68)(H,53,67)(H,54,65)(H,55,66)(H,56,70)(H,57,69)(H,63,64)(H,73,74)(H4,49,50,51)/t23-,24+,25+,26+,27+,28+,29+,30+,34+,35+/m1/s1. The lowest BCUT2D eigenvalue weighted by Crippen LogP contribution is -2.61. The first-order valence-electron chi connectivity index (χ1n) is 24.5. The molecule has 2 heterocycles. The highest BCUT2D eigenvalue weighted by atomic mass is 16.4. The number of hydrogen-bond donors (Lipinski definition) is 14. The zero-order valence-electron chi connectivity index (χ0n) is 42.5. The van der Waals surface area contributed by atoms with Crippen LogP contribution in [0.4, 0.5) is 0 Å². The first-order valence-corrected chi connectivity index (χ1v) is 24.5. The van der Waals surface area contributed by atoms with Gasteiger partial charge in [-0.2, -0.15) is 0 Å². The molecule has 2 aliphatic rings. The van der Waals surface area contributed by atoms with Gasteiger partial charge in [-0.15, -0.1) is 0 Å². The van der Waals surface area contributed by atoms with Crippen molar-refractivity contribution in [1.82, 2.24) is 41.7 Å². The lowest BCUT2D eigenvalue weighted by molar-refractivity contribution is -0.149. The number of carboxylic acids is 2. The van der Waals surface area contributed by atoms with Crippen LogP contribution in [0.3, 0.4) is 0 Å². The summed E-state index contributed by atoms with van der Waals surface area (Å²) in [6.07, 6.45) is -3.47. The Morgan fingerprint density at radius 2 is 1.11 bits per heavy atom. The number of aliphatic imine (C=N–C) groups is 1. The Bertz CT molecular complexity index is 2080. The van der Waals surface area contributed by atoms with Gasteiger partial charge in [-0.05, 0) is 76.5 Å². The average molecular weight is 1050 g/mol. The molecular weight excluding hydrogens is 977 g/mol. The number of amides is 10. The quantitative estimate of drug-likeness (QED) is 0.0175. The predicted molar refractivity (Wildman–Crippen MR) is 262 cm³/mol. The maximum absolute atomic E-state index is 14.4. The molecule has 0 aromatic heterocycles. The molecule has 29 heteroatoms. The molecule has 0 radical (unpaired) electrons. The van der Waals surface area contributed by atoms with Gasteiger partial charge in [0, 0.05) is 32.5 Å². The molecule has 0 saturated carbocycles. The third-order valence-corrected chi connectivity index (χ3v) is 12.2. The van der Waals surface area contributed by atoms with Crippen LogP contribution in [0.25, 0.3) is 0 Å². The van der Waals surface area contributed by atoms with Crippen molar-refractivity contribution in [2.75, 3.05) is 19.6 Å². The Kier molecular flexibility index (Phi) is 25.6. The van der Waals surface area contributed by atoms with E-state index in [-0.39, 0.29) is 63.6 Å². The summed E-state index contributed by atoms with van der Waals surface area (Å²) in [7, 11) is 0. The van der Waals surface area contributed by atoms with E-state index >= 15 is 0 Å². The summed E-state index contributed by atoms with van der Waals surface area (Å²) < 4.78 is 0. The van der Waals surface area contributed by atoms with Gasteiger partial charge < -0.3 is 85.7 Å². The Labute approximate surface area is 428 Å². The Balaban J connectivity index is 2.47. The van der Waals surface area contributed by atoms with Gasteiger partial charge in [0.05, 0.1) is 12.5 Å². The summed E-state index contributed by atoms with van der Waals surface area (Å²) in [6, 6.07) is -12.9. The molecule has 0 aromatic rings. The van der Waals surface area contributed by atoms with Gasteiger partial charge in [0.25, 0.3) is 0 Å². The van der Waals surface area contributed by atoms with E-state index in [9.17, 15) is 72.9 Å². The van der Waals surface area contributed by atoms with Crippen LogP contribution >= 0.6 is 0 Å². The van der Waals surface area contributed by atoms with Crippen LogP contribution in [0.2, 0.25) is 0 Å². The van der Waals surface area contributed by atoms with Crippen molar-refractivity contribution in [2.45, 2.75) is 172 Å². The molecule has 74 heavy (non-hydrogen) atoms. The predicted octanol–water partition coefficient (Wildman–Crippen LogP) is -5.57. The topological polar surface area (TPSA) is 487 Å². The van der Waals surface area contributed by atoms with Crippen molar-refractivity contribution < 1.29 is 72.9 Å². The molecular formula is C45H76N14O15. The first kappa shape index (κ1) is 62.9. The third kappa shape index (κ3) is 20.4. The van der Waals surface area contributed by atoms with E-state index in [1.807, 2.05) is 0 Å². The Morgan fingerprint density at radius 3 is 1.62 bits per heavy atom. The number of carboxylic acid groups (broad SMARTS) is 2. The van der Waals surface area contributed by atoms with Crippen LogP contribution in [0, 0.1) is 11.8 Å². The lowest BCUT2D eigenvalue weighted by atomic mass is 10.0. The molecule has 0 aliphatic carbocycles. The third-order valence-electron chi connectivity index (χ3n) is 12.2. The molecule has 10 atom stereocenters. The molecule has 416 valence electrons. The van der Waals surface area contributed by atoms with Crippen molar-refractivity contribution >= 4 is 77.0 Å². The van der Waals surface area contributed by atoms with Crippen LogP contribution in [0.5, 0.6) is 0 Å². The number of carbonyl (C=O) groups is 12. The second kappa shape index (κ2) is 30.1. The maximum atomic E-state index is 14.4. The molecule has 0 spiro atoms. The van der Waals surface area contributed by atoms with Crippen molar-refractivity contribution in [3.05, 3.63) is 0 Å². The highest BCUT2D eigenvalue weighted by Crippen LogP contribution is 2.26. The van der Waals surface area contributed by atoms with Gasteiger partial charge in [-0.25, -0.2) is 4.79 Å². The number of aliphatic carboxylic acids is 2. The minimum absolute atomic E-state index is 0.00787. The maximum Gasteiger partial charge on any atom is 0.326 e. The van der Waals surface area contributed by atoms with Crippen molar-refractivity contribution in [2.24, 2.45) is 45.5 Å². The van der Waals surface area contributed by atoms with Crippen molar-refractivity contribution in [3.63, 3.8) is 0 Å². The van der Waals surface area contributed by atoms with Crippen LogP contribution in [-0.2, 0) is 57.5 Å². The molecule has 10 amide bonds. The number of nitrogens with zero attached hydrogens (tertiary/aromatic N) is 3. The molecule has 2 aliphatic heterocycles. The normalized spacial score (nSPS) is 18.6. The molecule has 0 bridgehead atoms. The average Bonchev–Trinajstić information content (AvgIpc) is 4.01. The van der Waals surface area contributed by atoms with Gasteiger partial charge in [0.1, 0.15) is 54.4 Å². The highest BCUT2D eigenvalue weighted by Gasteiger charge is 2.45. The van der Waals surface area contributed by atoms with Gasteiger partial charge in [0.15, 0.2) is 5.96 Å². The number of carbonyl (C=O) groups excluding carboxylic acids is 10. The highest BCUT2D eigenvalue weighted by molar-refractivity contribution is 5.99. The van der Waals surface area contributed by atoms with Crippen molar-refractivity contribution in [3.8, 4) is 0 Å². The minimum atomic E-state index is -1.87. The van der Waals surface area contributed by atoms with Gasteiger partial charge in [-0.3, -0.25) is 57.7 Å². The number of nitrogens with two attached hydrogens (primary N) is 5. The summed E-state index contributed by atoms with van der Waals surface area (Å²) in [5.74, 6) is -13.0. The van der Waals surface area contributed by atoms with E-state index in [1.54, 1.807) is 27.7 Å². The molecule has 29 nitrogen and oxygen atoms in total. The number of nitrogens with one attached hydrogen (secondary N) is 6. The van der Waals surface area contributed by atoms with E-state index in [0.29, 0.717) is 12.8 Å². The zero-order chi connectivity index (χ0) is 56.1. The first-order chi connectivity index (χ1) is 34.5. The number of primary amides is 2. The molecule has 0 unspecified atom stereocenters. The van der Waals surface area contributed by atoms with Gasteiger partial charge in [0.2, 0.25) is 59.1 Å². The summed E-state index contributed by atoms with van der Waals surface area (Å²) in [6.45, 7) is 7.95. The fourth-order valence-electron chi connectivity index (χ4n) is 8.29. The fraction of sp³-hybridized carbons (Fsp3) is 0.711. The largest absolute Gasteiger partial charge is 0.481 e. The second-order valence-electron chi connectivity index (χ2n) is 19.2. The number of likely N-dealkylation sites (tertiary alicyclic amines) is 2. The monoisotopic (exact) mass is 1050 g/mol. The Morgan fingerprint density at radius 1 is 0.608 bits per heavy atom. The van der Waals surface area contributed by atoms with Crippen LogP contribution < -0.4 is 60.6 Å². The Hall–Kier alpha value is -7.17. The van der Waals surface area contributed by atoms with E-state index in [2.05, 4.69) is 36.9 Å². The summed E-state index contributed by atoms with van der Waals surface area (Å²) in [4.78, 5) is 165. The molecule has 2 rings (SSSR count). The second-order valence-corrected chi connectivity index (χ2v) is 19.2. The van der Waals surface area contributed by atoms with Crippen LogP contribution in [0.1, 0.15) is 112 Å². The molecule has 19 N–H and O–H groups in total. The van der Waals surface area contributed by atoms with E-state index in [1.165, 1.54) is 11.8 Å². The van der Waals surface area contributed by atoms with Crippen LogP contribution in [-0.4, -0.2) is 182 Å². The SMILES string of the molecule is CC(C)C[C@H](NC(=O)[C@@H](N)[C@@H](C)O)C(=O)N[C@@H](CCC(N)=O)C(=O)N[C@@H](CC(N)=O)C(=O)N[C@@H](CCCN=C(N)N)C(=O)N[C@@H](CCC(=O)O)C(=O)N1CCC[C@H]1C(=O)N1CCC[C@H]1C(=O)N[C@H](C(=O)O)C(C)C. The van der Waals surface area contributed by atoms with E-state index in [4.69, 9.17) is 28.7 Å². The lowest BCUT2D eigenvalue weighted by Gasteiger charge is -2.33. The van der Waals surface area contributed by atoms with E-state index in [0.717, 1.165) is 4.90 Å². The zero-order valence-corrected chi connectivity index (χ0v) is 42.5. The van der Waals surface area contributed by atoms with Gasteiger partial charge in [-0.1, -0.05) is 27.7 Å². The van der Waals surface area contributed by atoms with Crippen molar-refractivity contribution in [1.29, 1.82) is 0 Å². The van der Waals surface area contributed by atoms with Crippen LogP contribution in [0.15, 0.2) is 4.99 Å². The fourth-order valence-corrected chi connectivity index (χ4v) is 8.29. The summed E-state index contributed by atoms with van der Waals surface area (Å²) >= 11 is 0. The molecule has 0 aromatic carbocycles. The summed E-state index contributed by atoms with van der Waals surface area (Å²) in [5.41, 5.74) is 27.5. The summed E-state index contributed by atoms with van der Waals surface area (Å²) in [5, 5.41) is 43.6. The number of hydrogen-bond acceptors (Lipinski definition) is 15. The number of rotatable bonds is 31.